The Bertz CT molecular complexity index is 499. The van der Waals surface area contributed by atoms with Crippen molar-refractivity contribution in [2.45, 2.75) is 12.5 Å². The molecule has 1 aliphatic rings. The van der Waals surface area contributed by atoms with Crippen LogP contribution in [-0.2, 0) is 6.42 Å². The lowest BCUT2D eigenvalue weighted by Crippen LogP contribution is -2.47. The van der Waals surface area contributed by atoms with Crippen molar-refractivity contribution in [3.63, 3.8) is 0 Å². The fraction of sp³-hybridized carbons (Fsp3) is 0.556. The Kier molecular flexibility index (Phi) is 6.89. The van der Waals surface area contributed by atoms with Crippen molar-refractivity contribution in [1.29, 1.82) is 0 Å². The molecule has 1 atom stereocenters. The van der Waals surface area contributed by atoms with Gasteiger partial charge in [0.1, 0.15) is 12.7 Å². The van der Waals surface area contributed by atoms with Gasteiger partial charge < -0.3 is 19.5 Å². The first-order chi connectivity index (χ1) is 11.1. The van der Waals surface area contributed by atoms with Crippen LogP contribution in [0.5, 0.6) is 11.5 Å². The molecule has 5 heteroatoms. The highest BCUT2D eigenvalue weighted by atomic mass is 16.5. The topological polar surface area (TPSA) is 45.2 Å². The predicted octanol–water partition coefficient (Wildman–Crippen LogP) is 1.41. The summed E-state index contributed by atoms with van der Waals surface area (Å²) in [7, 11) is 3.75. The summed E-state index contributed by atoms with van der Waals surface area (Å²) in [5.41, 5.74) is 1.13. The minimum atomic E-state index is -0.504. The zero-order valence-corrected chi connectivity index (χ0v) is 14.2. The number of benzene rings is 1. The molecule has 1 saturated heterocycles. The van der Waals surface area contributed by atoms with Gasteiger partial charge in [-0.1, -0.05) is 12.1 Å². The number of aliphatic hydroxyl groups excluding tert-OH is 1. The van der Waals surface area contributed by atoms with E-state index in [9.17, 15) is 5.11 Å². The van der Waals surface area contributed by atoms with Crippen LogP contribution in [0.25, 0.3) is 0 Å². The molecule has 0 unspecified atom stereocenters. The van der Waals surface area contributed by atoms with E-state index in [1.807, 2.05) is 24.3 Å². The van der Waals surface area contributed by atoms with Gasteiger partial charge in [-0.25, -0.2) is 0 Å². The van der Waals surface area contributed by atoms with E-state index in [0.717, 1.165) is 38.2 Å². The van der Waals surface area contributed by atoms with Crippen molar-refractivity contribution in [3.05, 3.63) is 36.4 Å². The molecule has 0 amide bonds. The molecule has 5 nitrogen and oxygen atoms in total. The average molecular weight is 320 g/mol. The number of rotatable bonds is 8. The Balaban J connectivity index is 1.83. The van der Waals surface area contributed by atoms with Crippen LogP contribution in [0.1, 0.15) is 5.56 Å². The van der Waals surface area contributed by atoms with Gasteiger partial charge in [-0.15, -0.1) is 6.58 Å². The number of hydrogen-bond donors (Lipinski definition) is 1. The molecule has 1 N–H and O–H groups in total. The maximum atomic E-state index is 10.2. The molecule has 23 heavy (non-hydrogen) atoms. The zero-order valence-electron chi connectivity index (χ0n) is 14.2. The van der Waals surface area contributed by atoms with Crippen molar-refractivity contribution in [2.24, 2.45) is 0 Å². The second kappa shape index (κ2) is 8.91. The number of aliphatic hydroxyl groups is 1. The van der Waals surface area contributed by atoms with E-state index < -0.39 is 6.10 Å². The second-order valence-corrected chi connectivity index (χ2v) is 6.05. The van der Waals surface area contributed by atoms with Crippen molar-refractivity contribution in [2.75, 3.05) is 53.5 Å². The van der Waals surface area contributed by atoms with Gasteiger partial charge in [0.15, 0.2) is 11.5 Å². The highest BCUT2D eigenvalue weighted by molar-refractivity contribution is 5.43. The van der Waals surface area contributed by atoms with Crippen LogP contribution in [0.15, 0.2) is 30.9 Å². The average Bonchev–Trinajstić information content (AvgIpc) is 2.56. The zero-order chi connectivity index (χ0) is 16.7. The molecule has 1 aromatic carbocycles. The van der Waals surface area contributed by atoms with E-state index in [-0.39, 0.29) is 6.61 Å². The molecule has 1 aromatic rings. The van der Waals surface area contributed by atoms with E-state index in [1.165, 1.54) is 0 Å². The van der Waals surface area contributed by atoms with Gasteiger partial charge in [0.05, 0.1) is 7.11 Å². The number of piperazine rings is 1. The number of nitrogens with zero attached hydrogens (tertiary/aromatic N) is 2. The molecule has 0 aromatic heterocycles. The molecular weight excluding hydrogens is 292 g/mol. The predicted molar refractivity (Wildman–Crippen MR) is 92.3 cm³/mol. The van der Waals surface area contributed by atoms with Crippen LogP contribution in [-0.4, -0.2) is 74.5 Å². The third-order valence-electron chi connectivity index (χ3n) is 4.10. The molecule has 0 aliphatic carbocycles. The summed E-state index contributed by atoms with van der Waals surface area (Å²) in [5, 5.41) is 10.2. The minimum absolute atomic E-state index is 0.267. The van der Waals surface area contributed by atoms with Crippen molar-refractivity contribution in [1.82, 2.24) is 9.80 Å². The third-order valence-corrected chi connectivity index (χ3v) is 4.10. The van der Waals surface area contributed by atoms with E-state index in [2.05, 4.69) is 23.4 Å². The number of β-amino-alcohol motifs (C(OH)–C–C–N with tert-alkyl or cyclic N) is 1. The smallest absolute Gasteiger partial charge is 0.161 e. The molecule has 0 spiro atoms. The lowest BCUT2D eigenvalue weighted by Gasteiger charge is -2.33. The fourth-order valence-corrected chi connectivity index (χ4v) is 2.69. The van der Waals surface area contributed by atoms with Gasteiger partial charge in [0, 0.05) is 32.7 Å². The summed E-state index contributed by atoms with van der Waals surface area (Å²) in [5.74, 6) is 1.36. The summed E-state index contributed by atoms with van der Waals surface area (Å²) < 4.78 is 11.1. The summed E-state index contributed by atoms with van der Waals surface area (Å²) in [6.07, 6.45) is 2.15. The largest absolute Gasteiger partial charge is 0.493 e. The van der Waals surface area contributed by atoms with E-state index >= 15 is 0 Å². The van der Waals surface area contributed by atoms with E-state index in [1.54, 1.807) is 7.11 Å². The van der Waals surface area contributed by atoms with Crippen molar-refractivity contribution >= 4 is 0 Å². The Morgan fingerprint density at radius 3 is 2.65 bits per heavy atom. The minimum Gasteiger partial charge on any atom is -0.493 e. The maximum Gasteiger partial charge on any atom is 0.161 e. The van der Waals surface area contributed by atoms with E-state index in [4.69, 9.17) is 9.47 Å². The van der Waals surface area contributed by atoms with Gasteiger partial charge in [-0.05, 0) is 31.2 Å². The lowest BCUT2D eigenvalue weighted by atomic mass is 10.1. The van der Waals surface area contributed by atoms with Crippen LogP contribution in [0.3, 0.4) is 0 Å². The SMILES string of the molecule is C=CCc1ccc(OC[C@H](O)CN2CCN(C)CC2)c(OC)c1. The molecule has 0 saturated carbocycles. The molecule has 1 aliphatic heterocycles. The van der Waals surface area contributed by atoms with Crippen molar-refractivity contribution < 1.29 is 14.6 Å². The number of likely N-dealkylation sites (N-methyl/N-ethyl adjacent to an activating group) is 1. The summed E-state index contributed by atoms with van der Waals surface area (Å²) in [6.45, 7) is 8.73. The van der Waals surface area contributed by atoms with Crippen LogP contribution < -0.4 is 9.47 Å². The third kappa shape index (κ3) is 5.53. The fourth-order valence-electron chi connectivity index (χ4n) is 2.69. The Morgan fingerprint density at radius 2 is 2.00 bits per heavy atom. The van der Waals surface area contributed by atoms with Gasteiger partial charge in [0.25, 0.3) is 0 Å². The summed E-state index contributed by atoms with van der Waals surface area (Å²) >= 11 is 0. The highest BCUT2D eigenvalue weighted by Crippen LogP contribution is 2.28. The van der Waals surface area contributed by atoms with Crippen molar-refractivity contribution in [3.8, 4) is 11.5 Å². The number of ether oxygens (including phenoxy) is 2. The van der Waals surface area contributed by atoms with Crippen LogP contribution >= 0.6 is 0 Å². The molecule has 1 fully saturated rings. The first-order valence-corrected chi connectivity index (χ1v) is 8.12. The first kappa shape index (κ1) is 17.8. The Hall–Kier alpha value is -1.56. The maximum absolute atomic E-state index is 10.2. The number of hydrogen-bond acceptors (Lipinski definition) is 5. The summed E-state index contributed by atoms with van der Waals surface area (Å²) in [4.78, 5) is 4.58. The molecule has 0 radical (unpaired) electrons. The second-order valence-electron chi connectivity index (χ2n) is 6.05. The number of allylic oxidation sites excluding steroid dienone is 1. The summed E-state index contributed by atoms with van der Waals surface area (Å²) in [6, 6.07) is 5.83. The van der Waals surface area contributed by atoms with Gasteiger partial charge in [0.2, 0.25) is 0 Å². The van der Waals surface area contributed by atoms with Gasteiger partial charge >= 0.3 is 0 Å². The van der Waals surface area contributed by atoms with Crippen LogP contribution in [0.4, 0.5) is 0 Å². The van der Waals surface area contributed by atoms with Gasteiger partial charge in [-0.3, -0.25) is 4.90 Å². The molecule has 128 valence electrons. The monoisotopic (exact) mass is 320 g/mol. The van der Waals surface area contributed by atoms with Crippen LogP contribution in [0.2, 0.25) is 0 Å². The first-order valence-electron chi connectivity index (χ1n) is 8.12. The highest BCUT2D eigenvalue weighted by Gasteiger charge is 2.17. The number of methoxy groups -OCH3 is 1. The standard InChI is InChI=1S/C18H28N2O3/c1-4-5-15-6-7-17(18(12-15)22-3)23-14-16(21)13-20-10-8-19(2)9-11-20/h4,6-7,12,16,21H,1,5,8-11,13-14H2,2-3H3/t16-/m1/s1. The van der Waals surface area contributed by atoms with Gasteiger partial charge in [-0.2, -0.15) is 0 Å². The molecule has 1 heterocycles. The Labute approximate surface area is 139 Å². The van der Waals surface area contributed by atoms with E-state index in [0.29, 0.717) is 18.0 Å². The molecule has 2 rings (SSSR count). The lowest BCUT2D eigenvalue weighted by molar-refractivity contribution is 0.0498. The normalized spacial score (nSPS) is 17.7. The Morgan fingerprint density at radius 1 is 1.26 bits per heavy atom. The molecule has 0 bridgehead atoms. The van der Waals surface area contributed by atoms with Crippen LogP contribution in [0, 0.1) is 0 Å². The quantitative estimate of drug-likeness (QED) is 0.734. The molecular formula is C18H28N2O3.